The molecule has 82 valence electrons. The summed E-state index contributed by atoms with van der Waals surface area (Å²) in [5.74, 6) is 0.0890. The molecule has 0 bridgehead atoms. The summed E-state index contributed by atoms with van der Waals surface area (Å²) >= 11 is 3.38. The van der Waals surface area contributed by atoms with Crippen molar-refractivity contribution in [2.75, 3.05) is 0 Å². The normalized spacial score (nSPS) is 10.4. The standard InChI is InChI=1S/C12H11BrN2O/c1-9(16)11-2-3-15(8-11)7-10-4-12(13)6-14-5-10/h2-6,8H,7H2,1H3. The first-order valence-corrected chi connectivity index (χ1v) is 5.70. The minimum atomic E-state index is 0.0890. The average Bonchev–Trinajstić information content (AvgIpc) is 2.66. The molecule has 0 N–H and O–H groups in total. The first-order chi connectivity index (χ1) is 7.65. The van der Waals surface area contributed by atoms with Crippen molar-refractivity contribution in [2.45, 2.75) is 13.5 Å². The number of Topliss-reactive ketones (excluding diaryl/α,β-unsaturated/α-hetero) is 1. The second-order valence-electron chi connectivity index (χ2n) is 3.64. The molecule has 16 heavy (non-hydrogen) atoms. The maximum absolute atomic E-state index is 11.1. The van der Waals surface area contributed by atoms with Crippen LogP contribution < -0.4 is 0 Å². The number of rotatable bonds is 3. The van der Waals surface area contributed by atoms with Gasteiger partial charge in [0.25, 0.3) is 0 Å². The van der Waals surface area contributed by atoms with Crippen molar-refractivity contribution < 1.29 is 4.79 Å². The highest BCUT2D eigenvalue weighted by atomic mass is 79.9. The quantitative estimate of drug-likeness (QED) is 0.810. The van der Waals surface area contributed by atoms with Crippen LogP contribution in [0.25, 0.3) is 0 Å². The van der Waals surface area contributed by atoms with Gasteiger partial charge in [-0.3, -0.25) is 9.78 Å². The number of pyridine rings is 1. The molecule has 3 nitrogen and oxygen atoms in total. The molecule has 0 atom stereocenters. The van der Waals surface area contributed by atoms with Gasteiger partial charge in [0.2, 0.25) is 0 Å². The smallest absolute Gasteiger partial charge is 0.161 e. The number of hydrogen-bond acceptors (Lipinski definition) is 2. The third-order valence-electron chi connectivity index (χ3n) is 2.28. The molecule has 2 heterocycles. The molecular weight excluding hydrogens is 268 g/mol. The molecule has 0 saturated heterocycles. The van der Waals surface area contributed by atoms with Gasteiger partial charge in [-0.05, 0) is 40.5 Å². The van der Waals surface area contributed by atoms with Gasteiger partial charge in [-0.25, -0.2) is 0 Å². The maximum Gasteiger partial charge on any atom is 0.161 e. The largest absolute Gasteiger partial charge is 0.349 e. The second-order valence-corrected chi connectivity index (χ2v) is 4.56. The fourth-order valence-corrected chi connectivity index (χ4v) is 1.91. The summed E-state index contributed by atoms with van der Waals surface area (Å²) in [5, 5.41) is 0. The molecule has 0 aliphatic heterocycles. The minimum Gasteiger partial charge on any atom is -0.349 e. The van der Waals surface area contributed by atoms with Crippen LogP contribution >= 0.6 is 15.9 Å². The van der Waals surface area contributed by atoms with Crippen molar-refractivity contribution in [3.63, 3.8) is 0 Å². The van der Waals surface area contributed by atoms with Gasteiger partial charge < -0.3 is 4.57 Å². The van der Waals surface area contributed by atoms with Gasteiger partial charge in [-0.1, -0.05) is 0 Å². The zero-order chi connectivity index (χ0) is 11.5. The van der Waals surface area contributed by atoms with E-state index in [2.05, 4.69) is 20.9 Å². The van der Waals surface area contributed by atoms with Crippen LogP contribution in [0.3, 0.4) is 0 Å². The second kappa shape index (κ2) is 4.61. The lowest BCUT2D eigenvalue weighted by atomic mass is 10.2. The van der Waals surface area contributed by atoms with Gasteiger partial charge in [0, 0.05) is 41.4 Å². The molecule has 0 fully saturated rings. The van der Waals surface area contributed by atoms with E-state index in [4.69, 9.17) is 0 Å². The van der Waals surface area contributed by atoms with E-state index in [-0.39, 0.29) is 5.78 Å². The highest BCUT2D eigenvalue weighted by Crippen LogP contribution is 2.11. The zero-order valence-electron chi connectivity index (χ0n) is 8.85. The molecule has 0 radical (unpaired) electrons. The summed E-state index contributed by atoms with van der Waals surface area (Å²) in [5.41, 5.74) is 1.84. The van der Waals surface area contributed by atoms with E-state index in [1.807, 2.05) is 35.3 Å². The van der Waals surface area contributed by atoms with Crippen LogP contribution in [-0.4, -0.2) is 15.3 Å². The first kappa shape index (κ1) is 11.1. The van der Waals surface area contributed by atoms with E-state index in [9.17, 15) is 4.79 Å². The predicted octanol–water partition coefficient (Wildman–Crippen LogP) is 2.90. The lowest BCUT2D eigenvalue weighted by molar-refractivity contribution is 0.101. The minimum absolute atomic E-state index is 0.0890. The molecule has 2 aromatic heterocycles. The summed E-state index contributed by atoms with van der Waals surface area (Å²) in [6, 6.07) is 3.84. The van der Waals surface area contributed by atoms with Crippen molar-refractivity contribution in [2.24, 2.45) is 0 Å². The number of nitrogens with zero attached hydrogens (tertiary/aromatic N) is 2. The number of carbonyl (C=O) groups excluding carboxylic acids is 1. The Balaban J connectivity index is 2.17. The van der Waals surface area contributed by atoms with Gasteiger partial charge in [0.05, 0.1) is 0 Å². The zero-order valence-corrected chi connectivity index (χ0v) is 10.4. The number of carbonyl (C=O) groups is 1. The van der Waals surface area contributed by atoms with E-state index in [0.717, 1.165) is 22.1 Å². The molecule has 0 unspecified atom stereocenters. The Hall–Kier alpha value is -1.42. The van der Waals surface area contributed by atoms with Crippen molar-refractivity contribution >= 4 is 21.7 Å². The molecule has 2 aromatic rings. The average molecular weight is 279 g/mol. The Morgan fingerprint density at radius 1 is 1.50 bits per heavy atom. The SMILES string of the molecule is CC(=O)c1ccn(Cc2cncc(Br)c2)c1. The molecular formula is C12H11BrN2O. The molecule has 4 heteroatoms. The summed E-state index contributed by atoms with van der Waals surface area (Å²) in [7, 11) is 0. The number of hydrogen-bond donors (Lipinski definition) is 0. The van der Waals surface area contributed by atoms with Crippen LogP contribution in [0, 0.1) is 0 Å². The van der Waals surface area contributed by atoms with Gasteiger partial charge in [0.15, 0.2) is 5.78 Å². The molecule has 0 aliphatic rings. The van der Waals surface area contributed by atoms with Crippen LogP contribution in [0.5, 0.6) is 0 Å². The summed E-state index contributed by atoms with van der Waals surface area (Å²) < 4.78 is 2.93. The number of halogens is 1. The van der Waals surface area contributed by atoms with Crippen LogP contribution in [0.2, 0.25) is 0 Å². The highest BCUT2D eigenvalue weighted by molar-refractivity contribution is 9.10. The van der Waals surface area contributed by atoms with Gasteiger partial charge in [0.1, 0.15) is 0 Å². The van der Waals surface area contributed by atoms with Gasteiger partial charge in [-0.15, -0.1) is 0 Å². The first-order valence-electron chi connectivity index (χ1n) is 4.91. The molecule has 0 saturated carbocycles. The Morgan fingerprint density at radius 2 is 2.31 bits per heavy atom. The van der Waals surface area contributed by atoms with Gasteiger partial charge in [-0.2, -0.15) is 0 Å². The third-order valence-corrected chi connectivity index (χ3v) is 2.72. The van der Waals surface area contributed by atoms with Crippen LogP contribution in [-0.2, 0) is 6.54 Å². The summed E-state index contributed by atoms with van der Waals surface area (Å²) in [4.78, 5) is 15.2. The van der Waals surface area contributed by atoms with E-state index in [0.29, 0.717) is 0 Å². The molecule has 0 aliphatic carbocycles. The predicted molar refractivity (Wildman–Crippen MR) is 65.5 cm³/mol. The molecule has 0 amide bonds. The monoisotopic (exact) mass is 278 g/mol. The van der Waals surface area contributed by atoms with Crippen LogP contribution in [0.15, 0.2) is 41.4 Å². The Labute approximate surface area is 102 Å². The lowest BCUT2D eigenvalue weighted by Crippen LogP contribution is -1.97. The third kappa shape index (κ3) is 2.58. The fraction of sp³-hybridized carbons (Fsp3) is 0.167. The van der Waals surface area contributed by atoms with Crippen molar-refractivity contribution in [1.29, 1.82) is 0 Å². The van der Waals surface area contributed by atoms with Crippen molar-refractivity contribution in [3.8, 4) is 0 Å². The maximum atomic E-state index is 11.1. The summed E-state index contributed by atoms with van der Waals surface area (Å²) in [6.07, 6.45) is 7.32. The highest BCUT2D eigenvalue weighted by Gasteiger charge is 2.02. The van der Waals surface area contributed by atoms with Gasteiger partial charge >= 0.3 is 0 Å². The van der Waals surface area contributed by atoms with E-state index in [1.165, 1.54) is 0 Å². The van der Waals surface area contributed by atoms with Crippen molar-refractivity contribution in [3.05, 3.63) is 52.5 Å². The van der Waals surface area contributed by atoms with Crippen LogP contribution in [0.1, 0.15) is 22.8 Å². The molecule has 0 aromatic carbocycles. The topological polar surface area (TPSA) is 34.9 Å². The fourth-order valence-electron chi connectivity index (χ4n) is 1.50. The van der Waals surface area contributed by atoms with E-state index >= 15 is 0 Å². The summed E-state index contributed by atoms with van der Waals surface area (Å²) in [6.45, 7) is 2.29. The lowest BCUT2D eigenvalue weighted by Gasteiger charge is -2.02. The Bertz CT molecular complexity index is 519. The number of ketones is 1. The molecule has 0 spiro atoms. The van der Waals surface area contributed by atoms with E-state index < -0.39 is 0 Å². The van der Waals surface area contributed by atoms with Crippen molar-refractivity contribution in [1.82, 2.24) is 9.55 Å². The Kier molecular flexibility index (Phi) is 3.19. The number of aromatic nitrogens is 2. The van der Waals surface area contributed by atoms with E-state index in [1.54, 1.807) is 13.1 Å². The Morgan fingerprint density at radius 3 is 2.94 bits per heavy atom. The van der Waals surface area contributed by atoms with Crippen LogP contribution in [0.4, 0.5) is 0 Å². The molecule has 2 rings (SSSR count).